The quantitative estimate of drug-likeness (QED) is 0.601. The molecule has 0 saturated carbocycles. The van der Waals surface area contributed by atoms with Gasteiger partial charge in [0.05, 0.1) is 5.92 Å². The summed E-state index contributed by atoms with van der Waals surface area (Å²) >= 11 is 0. The van der Waals surface area contributed by atoms with Gasteiger partial charge in [-0.2, -0.15) is 0 Å². The molecule has 164 valence electrons. The maximum atomic E-state index is 12.6. The van der Waals surface area contributed by atoms with Gasteiger partial charge in [-0.1, -0.05) is 62.4 Å². The van der Waals surface area contributed by atoms with Crippen molar-refractivity contribution < 1.29 is 24.2 Å². The second-order valence-electron chi connectivity index (χ2n) is 8.09. The molecular formula is C24H28N2O5. The summed E-state index contributed by atoms with van der Waals surface area (Å²) in [6.45, 7) is 5.00. The SMILES string of the molecule is CCC(C)(NC(=O)OCC1c2ccccc2-c2ccccc21)C(=O)NCC(C)C(=O)O. The minimum atomic E-state index is -1.21. The Morgan fingerprint density at radius 1 is 1.06 bits per heavy atom. The van der Waals surface area contributed by atoms with Gasteiger partial charge in [0.25, 0.3) is 0 Å². The number of nitrogens with one attached hydrogen (secondary N) is 2. The minimum absolute atomic E-state index is 0.0177. The van der Waals surface area contributed by atoms with Crippen LogP contribution in [0.3, 0.4) is 0 Å². The van der Waals surface area contributed by atoms with E-state index in [9.17, 15) is 14.4 Å². The summed E-state index contributed by atoms with van der Waals surface area (Å²) < 4.78 is 5.53. The van der Waals surface area contributed by atoms with E-state index < -0.39 is 29.4 Å². The monoisotopic (exact) mass is 424 g/mol. The Kier molecular flexibility index (Phi) is 6.63. The third kappa shape index (κ3) is 4.71. The summed E-state index contributed by atoms with van der Waals surface area (Å²) in [4.78, 5) is 36.1. The minimum Gasteiger partial charge on any atom is -0.481 e. The molecule has 2 aromatic carbocycles. The highest BCUT2D eigenvalue weighted by atomic mass is 16.5. The largest absolute Gasteiger partial charge is 0.481 e. The Balaban J connectivity index is 1.64. The zero-order chi connectivity index (χ0) is 22.6. The van der Waals surface area contributed by atoms with Crippen LogP contribution in [0.25, 0.3) is 11.1 Å². The van der Waals surface area contributed by atoms with Gasteiger partial charge in [0.1, 0.15) is 12.1 Å². The fourth-order valence-electron chi connectivity index (χ4n) is 3.69. The average molecular weight is 424 g/mol. The van der Waals surface area contributed by atoms with Gasteiger partial charge in [-0.25, -0.2) is 4.79 Å². The van der Waals surface area contributed by atoms with Crippen LogP contribution in [0, 0.1) is 5.92 Å². The van der Waals surface area contributed by atoms with E-state index in [0.717, 1.165) is 22.3 Å². The van der Waals surface area contributed by atoms with Crippen LogP contribution in [-0.2, 0) is 14.3 Å². The number of carboxylic acids is 1. The molecule has 7 nitrogen and oxygen atoms in total. The molecule has 0 fully saturated rings. The molecule has 2 amide bonds. The van der Waals surface area contributed by atoms with Gasteiger partial charge in [0.15, 0.2) is 0 Å². The van der Waals surface area contributed by atoms with Crippen molar-refractivity contribution in [3.8, 4) is 11.1 Å². The number of carbonyl (C=O) groups is 3. The number of hydrogen-bond acceptors (Lipinski definition) is 4. The summed E-state index contributed by atoms with van der Waals surface area (Å²) in [5, 5.41) is 14.2. The topological polar surface area (TPSA) is 105 Å². The van der Waals surface area contributed by atoms with Crippen molar-refractivity contribution in [3.05, 3.63) is 59.7 Å². The number of ether oxygens (including phenoxy) is 1. The number of carbonyl (C=O) groups excluding carboxylic acids is 2. The van der Waals surface area contributed by atoms with Gasteiger partial charge in [0, 0.05) is 12.5 Å². The molecule has 0 bridgehead atoms. The lowest BCUT2D eigenvalue weighted by Gasteiger charge is -2.28. The van der Waals surface area contributed by atoms with Crippen molar-refractivity contribution in [1.82, 2.24) is 10.6 Å². The third-order valence-electron chi connectivity index (χ3n) is 5.92. The maximum Gasteiger partial charge on any atom is 0.408 e. The van der Waals surface area contributed by atoms with E-state index in [0.29, 0.717) is 6.42 Å². The van der Waals surface area contributed by atoms with E-state index in [1.807, 2.05) is 36.4 Å². The van der Waals surface area contributed by atoms with Crippen molar-refractivity contribution in [2.75, 3.05) is 13.2 Å². The van der Waals surface area contributed by atoms with Crippen molar-refractivity contribution in [3.63, 3.8) is 0 Å². The highest BCUT2D eigenvalue weighted by Gasteiger charge is 2.35. The maximum absolute atomic E-state index is 12.6. The Labute approximate surface area is 181 Å². The van der Waals surface area contributed by atoms with Crippen LogP contribution in [0.1, 0.15) is 44.2 Å². The molecule has 0 aliphatic heterocycles. The number of amides is 2. The number of aliphatic carboxylic acids is 1. The molecule has 3 N–H and O–H groups in total. The standard InChI is InChI=1S/C24H28N2O5/c1-4-24(3,22(29)25-13-15(2)21(27)28)26-23(30)31-14-20-18-11-7-5-9-16(18)17-10-6-8-12-19(17)20/h5-12,15,20H,4,13-14H2,1-3H3,(H,25,29)(H,26,30)(H,27,28). The Morgan fingerprint density at radius 2 is 1.61 bits per heavy atom. The van der Waals surface area contributed by atoms with E-state index in [-0.39, 0.29) is 19.1 Å². The molecule has 0 aromatic heterocycles. The Bertz CT molecular complexity index is 944. The van der Waals surface area contributed by atoms with Gasteiger partial charge in [-0.3, -0.25) is 9.59 Å². The fourth-order valence-corrected chi connectivity index (χ4v) is 3.69. The molecule has 2 unspecified atom stereocenters. The number of hydrogen-bond donors (Lipinski definition) is 3. The fraction of sp³-hybridized carbons (Fsp3) is 0.375. The summed E-state index contributed by atoms with van der Waals surface area (Å²) in [5.74, 6) is -2.24. The second-order valence-corrected chi connectivity index (χ2v) is 8.09. The highest BCUT2D eigenvalue weighted by molar-refractivity contribution is 5.89. The molecule has 7 heteroatoms. The average Bonchev–Trinajstić information content (AvgIpc) is 3.09. The van der Waals surface area contributed by atoms with Gasteiger partial charge in [0.2, 0.25) is 5.91 Å². The molecule has 0 spiro atoms. The van der Waals surface area contributed by atoms with Crippen LogP contribution in [0.4, 0.5) is 4.79 Å². The van der Waals surface area contributed by atoms with Gasteiger partial charge < -0.3 is 20.5 Å². The lowest BCUT2D eigenvalue weighted by molar-refractivity contribution is -0.141. The predicted octanol–water partition coefficient (Wildman–Crippen LogP) is 3.53. The van der Waals surface area contributed by atoms with Crippen molar-refractivity contribution >= 4 is 18.0 Å². The molecule has 3 rings (SSSR count). The molecule has 2 aromatic rings. The zero-order valence-electron chi connectivity index (χ0n) is 18.0. The molecule has 0 heterocycles. The molecule has 1 aliphatic rings. The first-order valence-corrected chi connectivity index (χ1v) is 10.4. The molecule has 0 saturated heterocycles. The number of carboxylic acid groups (broad SMARTS) is 1. The molecule has 1 aliphatic carbocycles. The van der Waals surface area contributed by atoms with Crippen molar-refractivity contribution in [2.45, 2.75) is 38.6 Å². The van der Waals surface area contributed by atoms with E-state index in [1.165, 1.54) is 6.92 Å². The van der Waals surface area contributed by atoms with Gasteiger partial charge >= 0.3 is 12.1 Å². The summed E-state index contributed by atoms with van der Waals surface area (Å²) in [7, 11) is 0. The van der Waals surface area contributed by atoms with Gasteiger partial charge in [-0.05, 0) is 35.6 Å². The first-order valence-electron chi connectivity index (χ1n) is 10.4. The van der Waals surface area contributed by atoms with E-state index in [1.54, 1.807) is 13.8 Å². The van der Waals surface area contributed by atoms with E-state index >= 15 is 0 Å². The number of fused-ring (bicyclic) bond motifs is 3. The predicted molar refractivity (Wildman–Crippen MR) is 117 cm³/mol. The van der Waals surface area contributed by atoms with Crippen LogP contribution in [0.2, 0.25) is 0 Å². The van der Waals surface area contributed by atoms with Crippen LogP contribution < -0.4 is 10.6 Å². The van der Waals surface area contributed by atoms with E-state index in [2.05, 4.69) is 22.8 Å². The summed E-state index contributed by atoms with van der Waals surface area (Å²) in [6, 6.07) is 16.1. The zero-order valence-corrected chi connectivity index (χ0v) is 18.0. The van der Waals surface area contributed by atoms with Crippen molar-refractivity contribution in [1.29, 1.82) is 0 Å². The van der Waals surface area contributed by atoms with Crippen LogP contribution >= 0.6 is 0 Å². The Hall–Kier alpha value is -3.35. The highest BCUT2D eigenvalue weighted by Crippen LogP contribution is 2.44. The van der Waals surface area contributed by atoms with Crippen LogP contribution in [0.15, 0.2) is 48.5 Å². The van der Waals surface area contributed by atoms with Crippen LogP contribution in [0.5, 0.6) is 0 Å². The first kappa shape index (κ1) is 22.3. The van der Waals surface area contributed by atoms with Crippen LogP contribution in [-0.4, -0.2) is 41.8 Å². The lowest BCUT2D eigenvalue weighted by Crippen LogP contribution is -2.57. The summed E-state index contributed by atoms with van der Waals surface area (Å²) in [5.41, 5.74) is 3.28. The molecule has 0 radical (unpaired) electrons. The lowest BCUT2D eigenvalue weighted by atomic mass is 9.97. The summed E-state index contributed by atoms with van der Waals surface area (Å²) in [6.07, 6.45) is -0.363. The third-order valence-corrected chi connectivity index (χ3v) is 5.92. The molecular weight excluding hydrogens is 396 g/mol. The number of alkyl carbamates (subject to hydrolysis) is 1. The van der Waals surface area contributed by atoms with Crippen molar-refractivity contribution in [2.24, 2.45) is 5.92 Å². The molecule has 2 atom stereocenters. The Morgan fingerprint density at radius 3 is 2.13 bits per heavy atom. The number of benzene rings is 2. The normalized spacial score (nSPS) is 15.2. The first-order chi connectivity index (χ1) is 14.8. The molecule has 31 heavy (non-hydrogen) atoms. The smallest absolute Gasteiger partial charge is 0.408 e. The number of rotatable bonds is 8. The van der Waals surface area contributed by atoms with E-state index in [4.69, 9.17) is 9.84 Å². The van der Waals surface area contributed by atoms with Gasteiger partial charge in [-0.15, -0.1) is 0 Å². The second kappa shape index (κ2) is 9.20.